The maximum absolute atomic E-state index is 13.1. The maximum Gasteiger partial charge on any atom is 0.231 e. The van der Waals surface area contributed by atoms with Gasteiger partial charge in [0, 0.05) is 46.5 Å². The number of anilines is 1. The molecule has 1 aromatic heterocycles. The summed E-state index contributed by atoms with van der Waals surface area (Å²) in [5.74, 6) is 0.270. The third-order valence-corrected chi connectivity index (χ3v) is 5.06. The molecular formula is C16H29Cl2N5O2. The highest BCUT2D eigenvalue weighted by Crippen LogP contribution is 2.32. The van der Waals surface area contributed by atoms with Gasteiger partial charge < -0.3 is 19.9 Å². The number of carbonyl (C=O) groups excluding carboxylic acids is 1. The first kappa shape index (κ1) is 22.0. The molecule has 0 unspecified atom stereocenters. The Morgan fingerprint density at radius 2 is 1.88 bits per heavy atom. The van der Waals surface area contributed by atoms with Crippen molar-refractivity contribution in [2.45, 2.75) is 12.8 Å². The van der Waals surface area contributed by atoms with Gasteiger partial charge in [0.15, 0.2) is 0 Å². The van der Waals surface area contributed by atoms with Crippen LogP contribution >= 0.6 is 24.8 Å². The number of methoxy groups -OCH3 is 1. The van der Waals surface area contributed by atoms with Gasteiger partial charge in [-0.25, -0.2) is 0 Å². The van der Waals surface area contributed by atoms with Crippen molar-refractivity contribution in [1.29, 1.82) is 0 Å². The van der Waals surface area contributed by atoms with E-state index in [9.17, 15) is 4.79 Å². The summed E-state index contributed by atoms with van der Waals surface area (Å²) >= 11 is 0. The molecule has 2 saturated heterocycles. The van der Waals surface area contributed by atoms with Crippen LogP contribution in [0.3, 0.4) is 0 Å². The number of piperidine rings is 1. The third kappa shape index (κ3) is 4.78. The Morgan fingerprint density at radius 3 is 2.40 bits per heavy atom. The number of halogens is 2. The van der Waals surface area contributed by atoms with E-state index in [0.29, 0.717) is 6.61 Å². The van der Waals surface area contributed by atoms with Gasteiger partial charge in [0.25, 0.3) is 0 Å². The topological polar surface area (TPSA) is 62.6 Å². The van der Waals surface area contributed by atoms with Gasteiger partial charge in [-0.3, -0.25) is 9.48 Å². The van der Waals surface area contributed by atoms with E-state index in [-0.39, 0.29) is 36.1 Å². The van der Waals surface area contributed by atoms with Crippen molar-refractivity contribution in [2.24, 2.45) is 12.5 Å². The largest absolute Gasteiger partial charge is 0.384 e. The lowest BCUT2D eigenvalue weighted by Crippen LogP contribution is -2.56. The van der Waals surface area contributed by atoms with Crippen molar-refractivity contribution in [3.8, 4) is 0 Å². The molecule has 2 aliphatic heterocycles. The zero-order chi connectivity index (χ0) is 16.3. The van der Waals surface area contributed by atoms with Crippen molar-refractivity contribution in [3.05, 3.63) is 12.4 Å². The number of aromatic nitrogens is 2. The smallest absolute Gasteiger partial charge is 0.231 e. The van der Waals surface area contributed by atoms with E-state index >= 15 is 0 Å². The molecule has 0 bridgehead atoms. The van der Waals surface area contributed by atoms with Crippen molar-refractivity contribution in [1.82, 2.24) is 20.0 Å². The zero-order valence-corrected chi connectivity index (χ0v) is 16.6. The number of carbonyl (C=O) groups is 1. The molecule has 3 heterocycles. The highest BCUT2D eigenvalue weighted by molar-refractivity contribution is 5.85. The molecule has 9 heteroatoms. The standard InChI is InChI=1S/C16H27N5O2.2ClH/c1-19-12-14(11-18-19)20-7-9-21(10-8-20)15(22)16(13-23-2)3-5-17-6-4-16;;/h11-12,17H,3-10,13H2,1-2H3;2*1H. The highest BCUT2D eigenvalue weighted by atomic mass is 35.5. The summed E-state index contributed by atoms with van der Waals surface area (Å²) in [5.41, 5.74) is 0.796. The van der Waals surface area contributed by atoms with Gasteiger partial charge in [-0.15, -0.1) is 24.8 Å². The first-order chi connectivity index (χ1) is 11.1. The molecule has 3 rings (SSSR count). The fourth-order valence-corrected chi connectivity index (χ4v) is 3.68. The first-order valence-corrected chi connectivity index (χ1v) is 8.37. The van der Waals surface area contributed by atoms with Gasteiger partial charge >= 0.3 is 0 Å². The summed E-state index contributed by atoms with van der Waals surface area (Å²) in [7, 11) is 3.62. The molecule has 0 atom stereocenters. The number of nitrogens with one attached hydrogen (secondary N) is 1. The van der Waals surface area contributed by atoms with Crippen molar-refractivity contribution >= 4 is 36.4 Å². The molecule has 25 heavy (non-hydrogen) atoms. The molecule has 0 aromatic carbocycles. The molecule has 0 spiro atoms. The van der Waals surface area contributed by atoms with Gasteiger partial charge in [-0.1, -0.05) is 0 Å². The Morgan fingerprint density at radius 1 is 1.24 bits per heavy atom. The number of piperazine rings is 1. The van der Waals surface area contributed by atoms with Crippen LogP contribution in [0, 0.1) is 5.41 Å². The van der Waals surface area contributed by atoms with E-state index in [2.05, 4.69) is 15.3 Å². The fourth-order valence-electron chi connectivity index (χ4n) is 3.68. The van der Waals surface area contributed by atoms with Gasteiger partial charge in [-0.05, 0) is 25.9 Å². The normalized spacial score (nSPS) is 19.8. The molecule has 144 valence electrons. The molecule has 0 radical (unpaired) electrons. The summed E-state index contributed by atoms with van der Waals surface area (Å²) in [4.78, 5) is 17.4. The van der Waals surface area contributed by atoms with Crippen LogP contribution in [0.5, 0.6) is 0 Å². The van der Waals surface area contributed by atoms with Crippen molar-refractivity contribution in [2.75, 3.05) is 57.9 Å². The number of aryl methyl sites for hydroxylation is 1. The Labute approximate surface area is 161 Å². The van der Waals surface area contributed by atoms with Crippen LogP contribution in [0.2, 0.25) is 0 Å². The van der Waals surface area contributed by atoms with Crippen molar-refractivity contribution in [3.63, 3.8) is 0 Å². The third-order valence-electron chi connectivity index (χ3n) is 5.06. The van der Waals surface area contributed by atoms with Crippen LogP contribution < -0.4 is 10.2 Å². The minimum absolute atomic E-state index is 0. The Hall–Kier alpha value is -1.02. The molecule has 0 saturated carbocycles. The second kappa shape index (κ2) is 9.62. The molecule has 7 nitrogen and oxygen atoms in total. The van der Waals surface area contributed by atoms with Crippen LogP contribution in [0.1, 0.15) is 12.8 Å². The average Bonchev–Trinajstić information content (AvgIpc) is 3.02. The van der Waals surface area contributed by atoms with E-state index < -0.39 is 0 Å². The number of rotatable bonds is 4. The molecule has 1 N–H and O–H groups in total. The number of hydrogen-bond donors (Lipinski definition) is 1. The van der Waals surface area contributed by atoms with Gasteiger partial charge in [0.05, 0.1) is 23.9 Å². The van der Waals surface area contributed by atoms with Gasteiger partial charge in [0.2, 0.25) is 5.91 Å². The highest BCUT2D eigenvalue weighted by Gasteiger charge is 2.42. The summed E-state index contributed by atoms with van der Waals surface area (Å²) in [6, 6.07) is 0. The van der Waals surface area contributed by atoms with Crippen molar-refractivity contribution < 1.29 is 9.53 Å². The molecule has 2 aliphatic rings. The molecule has 0 aliphatic carbocycles. The Bertz CT molecular complexity index is 535. The summed E-state index contributed by atoms with van der Waals surface area (Å²) in [6.07, 6.45) is 5.64. The summed E-state index contributed by atoms with van der Waals surface area (Å²) < 4.78 is 7.21. The maximum atomic E-state index is 13.1. The quantitative estimate of drug-likeness (QED) is 0.823. The van der Waals surface area contributed by atoms with E-state index in [4.69, 9.17) is 4.74 Å². The molecular weight excluding hydrogens is 365 g/mol. The average molecular weight is 394 g/mol. The fraction of sp³-hybridized carbons (Fsp3) is 0.750. The second-order valence-corrected chi connectivity index (χ2v) is 6.61. The lowest BCUT2D eigenvalue weighted by Gasteiger charge is -2.43. The monoisotopic (exact) mass is 393 g/mol. The van der Waals surface area contributed by atoms with Gasteiger partial charge in [0.1, 0.15) is 0 Å². The number of nitrogens with zero attached hydrogens (tertiary/aromatic N) is 4. The SMILES string of the molecule is COCC1(C(=O)N2CCN(c3cnn(C)c3)CC2)CCNCC1.Cl.Cl. The van der Waals surface area contributed by atoms with E-state index in [0.717, 1.165) is 57.8 Å². The first-order valence-electron chi connectivity index (χ1n) is 8.37. The van der Waals surface area contributed by atoms with E-state index in [1.54, 1.807) is 7.11 Å². The number of ether oxygens (including phenoxy) is 1. The predicted octanol–water partition coefficient (Wildman–Crippen LogP) is 0.928. The van der Waals surface area contributed by atoms with Crippen LogP contribution in [-0.2, 0) is 16.6 Å². The number of amides is 1. The van der Waals surface area contributed by atoms with Crippen LogP contribution in [0.15, 0.2) is 12.4 Å². The Kier molecular flexibility index (Phi) is 8.47. The number of hydrogen-bond acceptors (Lipinski definition) is 5. The lowest BCUT2D eigenvalue weighted by atomic mass is 9.78. The Balaban J connectivity index is 0.00000156. The van der Waals surface area contributed by atoms with Crippen LogP contribution in [-0.4, -0.2) is 73.6 Å². The summed E-state index contributed by atoms with van der Waals surface area (Å²) in [6.45, 7) is 5.57. The zero-order valence-electron chi connectivity index (χ0n) is 14.9. The molecule has 1 amide bonds. The van der Waals surface area contributed by atoms with E-state index in [1.165, 1.54) is 0 Å². The minimum atomic E-state index is -0.337. The predicted molar refractivity (Wildman–Crippen MR) is 103 cm³/mol. The minimum Gasteiger partial charge on any atom is -0.384 e. The molecule has 1 aromatic rings. The molecule has 2 fully saturated rings. The van der Waals surface area contributed by atoms with Crippen LogP contribution in [0.4, 0.5) is 5.69 Å². The lowest BCUT2D eigenvalue weighted by molar-refractivity contribution is -0.147. The van der Waals surface area contributed by atoms with E-state index in [1.807, 2.05) is 29.0 Å². The van der Waals surface area contributed by atoms with Crippen LogP contribution in [0.25, 0.3) is 0 Å². The van der Waals surface area contributed by atoms with Gasteiger partial charge in [-0.2, -0.15) is 5.10 Å². The second-order valence-electron chi connectivity index (χ2n) is 6.61. The summed E-state index contributed by atoms with van der Waals surface area (Å²) in [5, 5.41) is 7.57.